The Morgan fingerprint density at radius 1 is 1.15 bits per heavy atom. The quantitative estimate of drug-likeness (QED) is 0.811. The fourth-order valence-electron chi connectivity index (χ4n) is 2.18. The molecule has 0 fully saturated rings. The highest BCUT2D eigenvalue weighted by molar-refractivity contribution is 5.95. The summed E-state index contributed by atoms with van der Waals surface area (Å²) in [7, 11) is 0. The van der Waals surface area contributed by atoms with E-state index in [1.165, 1.54) is 0 Å². The first-order valence-corrected chi connectivity index (χ1v) is 6.43. The molecular weight excluding hydrogens is 256 g/mol. The second-order valence-corrected chi connectivity index (χ2v) is 5.85. The summed E-state index contributed by atoms with van der Waals surface area (Å²) in [5.74, 6) is -2.79. The smallest absolute Gasteiger partial charge is 0.332 e. The molecule has 0 saturated heterocycles. The van der Waals surface area contributed by atoms with Crippen molar-refractivity contribution in [2.75, 3.05) is 0 Å². The lowest BCUT2D eigenvalue weighted by atomic mass is 9.73. The number of carbonyl (C=O) groups is 2. The van der Waals surface area contributed by atoms with Crippen LogP contribution in [-0.2, 0) is 16.0 Å². The molecule has 0 heterocycles. The van der Waals surface area contributed by atoms with Gasteiger partial charge in [0.25, 0.3) is 0 Å². The Labute approximate surface area is 118 Å². The van der Waals surface area contributed by atoms with Crippen LogP contribution >= 0.6 is 0 Å². The SMILES string of the molecule is CC(C)(C)C(Cc1ccccc1)C(=CC(=O)O)C(=O)O. The molecule has 0 radical (unpaired) electrons. The fraction of sp³-hybridized carbons (Fsp3) is 0.375. The van der Waals surface area contributed by atoms with Gasteiger partial charge >= 0.3 is 11.9 Å². The van der Waals surface area contributed by atoms with Crippen molar-refractivity contribution in [2.45, 2.75) is 27.2 Å². The van der Waals surface area contributed by atoms with Crippen molar-refractivity contribution in [3.63, 3.8) is 0 Å². The van der Waals surface area contributed by atoms with Crippen LogP contribution in [-0.4, -0.2) is 22.2 Å². The number of carboxylic acids is 2. The van der Waals surface area contributed by atoms with Gasteiger partial charge in [0, 0.05) is 17.6 Å². The third-order valence-corrected chi connectivity index (χ3v) is 3.23. The number of benzene rings is 1. The van der Waals surface area contributed by atoms with Gasteiger partial charge in [0.15, 0.2) is 0 Å². The standard InChI is InChI=1S/C16H20O4/c1-16(2,3)13(9-11-7-5-4-6-8-11)12(15(19)20)10-14(17)18/h4-8,10,13H,9H2,1-3H3,(H,17,18)(H,19,20). The van der Waals surface area contributed by atoms with Crippen molar-refractivity contribution < 1.29 is 19.8 Å². The van der Waals surface area contributed by atoms with Gasteiger partial charge in [-0.25, -0.2) is 9.59 Å². The minimum Gasteiger partial charge on any atom is -0.478 e. The maximum absolute atomic E-state index is 11.4. The molecule has 0 spiro atoms. The largest absolute Gasteiger partial charge is 0.478 e. The lowest BCUT2D eigenvalue weighted by Gasteiger charge is -2.31. The van der Waals surface area contributed by atoms with E-state index in [0.29, 0.717) is 6.42 Å². The third-order valence-electron chi connectivity index (χ3n) is 3.23. The number of hydrogen-bond donors (Lipinski definition) is 2. The molecule has 1 unspecified atom stereocenters. The minimum absolute atomic E-state index is 0.0612. The highest BCUT2D eigenvalue weighted by Gasteiger charge is 2.32. The number of hydrogen-bond acceptors (Lipinski definition) is 2. The van der Waals surface area contributed by atoms with E-state index in [-0.39, 0.29) is 16.9 Å². The molecule has 108 valence electrons. The normalized spacial score (nSPS) is 13.8. The highest BCUT2D eigenvalue weighted by Crippen LogP contribution is 2.35. The number of aliphatic carboxylic acids is 2. The van der Waals surface area contributed by atoms with Gasteiger partial charge in [0.05, 0.1) is 0 Å². The van der Waals surface area contributed by atoms with Crippen molar-refractivity contribution in [3.8, 4) is 0 Å². The zero-order chi connectivity index (χ0) is 15.3. The van der Waals surface area contributed by atoms with Crippen LogP contribution in [0.3, 0.4) is 0 Å². The summed E-state index contributed by atoms with van der Waals surface area (Å²) in [5.41, 5.74) is 0.578. The van der Waals surface area contributed by atoms with Gasteiger partial charge in [0.2, 0.25) is 0 Å². The van der Waals surface area contributed by atoms with Crippen LogP contribution in [0.15, 0.2) is 42.0 Å². The van der Waals surface area contributed by atoms with Gasteiger partial charge in [0.1, 0.15) is 0 Å². The first-order chi connectivity index (χ1) is 9.21. The van der Waals surface area contributed by atoms with Crippen molar-refractivity contribution in [1.29, 1.82) is 0 Å². The van der Waals surface area contributed by atoms with Crippen LogP contribution in [0, 0.1) is 11.3 Å². The molecule has 1 aromatic carbocycles. The molecule has 0 aromatic heterocycles. The van der Waals surface area contributed by atoms with Crippen molar-refractivity contribution >= 4 is 11.9 Å². The molecule has 2 N–H and O–H groups in total. The first-order valence-electron chi connectivity index (χ1n) is 6.43. The Morgan fingerprint density at radius 3 is 2.10 bits per heavy atom. The van der Waals surface area contributed by atoms with Crippen molar-refractivity contribution in [1.82, 2.24) is 0 Å². The van der Waals surface area contributed by atoms with E-state index in [1.807, 2.05) is 51.1 Å². The Hall–Kier alpha value is -2.10. The van der Waals surface area contributed by atoms with E-state index < -0.39 is 11.9 Å². The number of rotatable bonds is 5. The summed E-state index contributed by atoms with van der Waals surface area (Å²) >= 11 is 0. The van der Waals surface area contributed by atoms with Crippen LogP contribution in [0.25, 0.3) is 0 Å². The van der Waals surface area contributed by atoms with E-state index >= 15 is 0 Å². The summed E-state index contributed by atoms with van der Waals surface area (Å²) in [4.78, 5) is 22.2. The van der Waals surface area contributed by atoms with E-state index in [9.17, 15) is 14.7 Å². The molecule has 0 aliphatic carbocycles. The lowest BCUT2D eigenvalue weighted by Crippen LogP contribution is -2.28. The predicted octanol–water partition coefficient (Wildman–Crippen LogP) is 2.99. The molecular formula is C16H20O4. The van der Waals surface area contributed by atoms with Crippen LogP contribution in [0.2, 0.25) is 0 Å². The van der Waals surface area contributed by atoms with Gasteiger partial charge in [-0.2, -0.15) is 0 Å². The molecule has 0 bridgehead atoms. The molecule has 4 nitrogen and oxygen atoms in total. The monoisotopic (exact) mass is 276 g/mol. The maximum atomic E-state index is 11.4. The molecule has 0 amide bonds. The average molecular weight is 276 g/mol. The topological polar surface area (TPSA) is 74.6 Å². The van der Waals surface area contributed by atoms with E-state index in [2.05, 4.69) is 0 Å². The van der Waals surface area contributed by atoms with Crippen LogP contribution in [0.5, 0.6) is 0 Å². The molecule has 4 heteroatoms. The van der Waals surface area contributed by atoms with Gasteiger partial charge < -0.3 is 10.2 Å². The summed E-state index contributed by atoms with van der Waals surface area (Å²) < 4.78 is 0. The molecule has 0 aliphatic rings. The Morgan fingerprint density at radius 2 is 1.70 bits per heavy atom. The average Bonchev–Trinajstić information content (AvgIpc) is 2.33. The van der Waals surface area contributed by atoms with Crippen molar-refractivity contribution in [3.05, 3.63) is 47.5 Å². The Bertz CT molecular complexity index is 509. The zero-order valence-corrected chi connectivity index (χ0v) is 12.0. The first kappa shape index (κ1) is 16.0. The molecule has 1 rings (SSSR count). The minimum atomic E-state index is -1.23. The number of carboxylic acid groups (broad SMARTS) is 2. The van der Waals surface area contributed by atoms with E-state index in [4.69, 9.17) is 5.11 Å². The Balaban J connectivity index is 3.18. The van der Waals surface area contributed by atoms with Gasteiger partial charge in [-0.3, -0.25) is 0 Å². The summed E-state index contributed by atoms with van der Waals surface area (Å²) in [6, 6.07) is 9.49. The predicted molar refractivity (Wildman–Crippen MR) is 76.4 cm³/mol. The lowest BCUT2D eigenvalue weighted by molar-refractivity contribution is -0.136. The van der Waals surface area contributed by atoms with Gasteiger partial charge in [-0.15, -0.1) is 0 Å². The van der Waals surface area contributed by atoms with Crippen LogP contribution in [0.4, 0.5) is 0 Å². The zero-order valence-electron chi connectivity index (χ0n) is 12.0. The summed E-state index contributed by atoms with van der Waals surface area (Å²) in [6.07, 6.45) is 1.30. The summed E-state index contributed by atoms with van der Waals surface area (Å²) in [6.45, 7) is 5.75. The fourth-order valence-corrected chi connectivity index (χ4v) is 2.18. The molecule has 1 atom stereocenters. The summed E-state index contributed by atoms with van der Waals surface area (Å²) in [5, 5.41) is 18.2. The van der Waals surface area contributed by atoms with E-state index in [1.54, 1.807) is 0 Å². The highest BCUT2D eigenvalue weighted by atomic mass is 16.4. The van der Waals surface area contributed by atoms with Gasteiger partial charge in [-0.1, -0.05) is 51.1 Å². The maximum Gasteiger partial charge on any atom is 0.332 e. The Kier molecular flexibility index (Phi) is 5.08. The second kappa shape index (κ2) is 6.37. The molecule has 20 heavy (non-hydrogen) atoms. The van der Waals surface area contributed by atoms with E-state index in [0.717, 1.165) is 11.6 Å². The van der Waals surface area contributed by atoms with Gasteiger partial charge in [-0.05, 0) is 17.4 Å². The third kappa shape index (κ3) is 4.53. The molecule has 0 saturated carbocycles. The second-order valence-electron chi connectivity index (χ2n) is 5.85. The molecule has 1 aromatic rings. The molecule has 0 aliphatic heterocycles. The van der Waals surface area contributed by atoms with Crippen molar-refractivity contribution in [2.24, 2.45) is 11.3 Å². The van der Waals surface area contributed by atoms with Crippen LogP contribution in [0.1, 0.15) is 26.3 Å². The van der Waals surface area contributed by atoms with Crippen LogP contribution < -0.4 is 0 Å².